The first-order chi connectivity index (χ1) is 21.3. The lowest BCUT2D eigenvalue weighted by molar-refractivity contribution is -0.118. The summed E-state index contributed by atoms with van der Waals surface area (Å²) in [5.41, 5.74) is 5.04. The molecule has 230 valence electrons. The van der Waals surface area contributed by atoms with Gasteiger partial charge in [-0.3, -0.25) is 14.5 Å². The van der Waals surface area contributed by atoms with E-state index < -0.39 is 0 Å². The smallest absolute Gasteiger partial charge is 0.255 e. The predicted molar refractivity (Wildman–Crippen MR) is 175 cm³/mol. The molecular weight excluding hydrogens is 552 g/mol. The Kier molecular flexibility index (Phi) is 9.80. The van der Waals surface area contributed by atoms with Crippen molar-refractivity contribution in [2.75, 3.05) is 45.3 Å². The van der Waals surface area contributed by atoms with E-state index in [0.29, 0.717) is 42.6 Å². The minimum Gasteiger partial charge on any atom is -0.497 e. The Morgan fingerprint density at radius 2 is 1.66 bits per heavy atom. The van der Waals surface area contributed by atoms with Crippen LogP contribution in [0, 0.1) is 6.92 Å². The maximum absolute atomic E-state index is 14.4. The van der Waals surface area contributed by atoms with E-state index in [0.717, 1.165) is 53.0 Å². The summed E-state index contributed by atoms with van der Waals surface area (Å²) in [4.78, 5) is 39.3. The van der Waals surface area contributed by atoms with E-state index in [1.54, 1.807) is 20.3 Å². The van der Waals surface area contributed by atoms with Crippen molar-refractivity contribution in [3.63, 3.8) is 0 Å². The summed E-state index contributed by atoms with van der Waals surface area (Å²) in [6.07, 6.45) is 1.09. The van der Waals surface area contributed by atoms with Gasteiger partial charge in [0.25, 0.3) is 5.91 Å². The van der Waals surface area contributed by atoms with E-state index in [1.807, 2.05) is 83.5 Å². The van der Waals surface area contributed by atoms with Crippen LogP contribution in [0.3, 0.4) is 0 Å². The van der Waals surface area contributed by atoms with Crippen molar-refractivity contribution < 1.29 is 19.1 Å². The van der Waals surface area contributed by atoms with Crippen molar-refractivity contribution in [2.24, 2.45) is 0 Å². The third-order valence-electron chi connectivity index (χ3n) is 8.40. The number of hydrogen-bond donors (Lipinski definition) is 0. The topological polar surface area (TPSA) is 75.2 Å². The first-order valence-corrected chi connectivity index (χ1v) is 15.3. The lowest BCUT2D eigenvalue weighted by Crippen LogP contribution is -2.41. The van der Waals surface area contributed by atoms with Gasteiger partial charge in [-0.1, -0.05) is 48.5 Å². The quantitative estimate of drug-likeness (QED) is 0.277. The number of fused-ring (bicyclic) bond motifs is 2. The van der Waals surface area contributed by atoms with Crippen LogP contribution in [0.4, 0.5) is 5.69 Å². The highest BCUT2D eigenvalue weighted by Crippen LogP contribution is 2.30. The number of carbonyl (C=O) groups is 2. The number of pyridine rings is 1. The van der Waals surface area contributed by atoms with Crippen molar-refractivity contribution >= 4 is 28.4 Å². The summed E-state index contributed by atoms with van der Waals surface area (Å²) in [6.45, 7) is 9.45. The number of nitrogens with zero attached hydrogens (tertiary/aromatic N) is 4. The van der Waals surface area contributed by atoms with Gasteiger partial charge in [-0.2, -0.15) is 0 Å². The number of amides is 2. The number of rotatable bonds is 6. The molecule has 0 saturated carbocycles. The molecule has 0 aliphatic carbocycles. The van der Waals surface area contributed by atoms with Gasteiger partial charge in [0.05, 0.1) is 37.4 Å². The Morgan fingerprint density at radius 3 is 2.39 bits per heavy atom. The molecule has 1 aliphatic heterocycles. The van der Waals surface area contributed by atoms with Gasteiger partial charge in [0.1, 0.15) is 5.75 Å². The third-order valence-corrected chi connectivity index (χ3v) is 8.40. The number of aryl methyl sites for hydroxylation is 1. The third kappa shape index (κ3) is 6.86. The number of para-hydroxylation sites is 2. The summed E-state index contributed by atoms with van der Waals surface area (Å²) >= 11 is 0. The summed E-state index contributed by atoms with van der Waals surface area (Å²) in [5.74, 6) is 1.10. The van der Waals surface area contributed by atoms with E-state index in [9.17, 15) is 9.59 Å². The predicted octanol–water partition coefficient (Wildman–Crippen LogP) is 5.89. The highest BCUT2D eigenvalue weighted by atomic mass is 16.5. The standard InChI is InChI=1S/C36H42N4O4/c1-25(2)38-18-9-19-40(34(41)22-27-14-16-29(43-4)17-15-27)35-26(3)10-8-11-28(35)24-39(21-20-38)36(42)31-23-33(44-5)37-32-13-7-6-12-30(31)32/h6-8,10-17,23,25H,9,18-22,24H2,1-5H3. The molecule has 3 aromatic carbocycles. The van der Waals surface area contributed by atoms with Crippen molar-refractivity contribution in [2.45, 2.75) is 46.2 Å². The summed E-state index contributed by atoms with van der Waals surface area (Å²) in [5, 5.41) is 0.786. The molecule has 5 rings (SSSR count). The normalized spacial score (nSPS) is 14.7. The fourth-order valence-electron chi connectivity index (χ4n) is 5.98. The number of hydrogen-bond acceptors (Lipinski definition) is 6. The van der Waals surface area contributed by atoms with Crippen LogP contribution in [-0.2, 0) is 17.8 Å². The van der Waals surface area contributed by atoms with Gasteiger partial charge < -0.3 is 19.3 Å². The van der Waals surface area contributed by atoms with Crippen LogP contribution in [-0.4, -0.2) is 73.0 Å². The van der Waals surface area contributed by atoms with Crippen molar-refractivity contribution in [1.29, 1.82) is 0 Å². The van der Waals surface area contributed by atoms with Gasteiger partial charge in [-0.25, -0.2) is 4.98 Å². The Balaban J connectivity index is 1.55. The monoisotopic (exact) mass is 594 g/mol. The zero-order valence-corrected chi connectivity index (χ0v) is 26.4. The average molecular weight is 595 g/mol. The molecule has 2 amide bonds. The Morgan fingerprint density at radius 1 is 0.886 bits per heavy atom. The van der Waals surface area contributed by atoms with E-state index in [4.69, 9.17) is 9.47 Å². The van der Waals surface area contributed by atoms with E-state index in [2.05, 4.69) is 23.7 Å². The van der Waals surface area contributed by atoms with Crippen LogP contribution in [0.2, 0.25) is 0 Å². The second-order valence-electron chi connectivity index (χ2n) is 11.6. The second-order valence-corrected chi connectivity index (χ2v) is 11.6. The van der Waals surface area contributed by atoms with Gasteiger partial charge in [0.2, 0.25) is 11.8 Å². The van der Waals surface area contributed by atoms with Gasteiger partial charge in [0, 0.05) is 50.2 Å². The zero-order valence-electron chi connectivity index (χ0n) is 26.4. The molecule has 0 fully saturated rings. The molecule has 8 nitrogen and oxygen atoms in total. The average Bonchev–Trinajstić information content (AvgIpc) is 3.07. The minimum atomic E-state index is -0.0894. The zero-order chi connectivity index (χ0) is 31.2. The Hall–Kier alpha value is -4.43. The molecule has 4 aromatic rings. The minimum absolute atomic E-state index is 0.0313. The summed E-state index contributed by atoms with van der Waals surface area (Å²) in [6, 6.07) is 23.4. The largest absolute Gasteiger partial charge is 0.497 e. The number of methoxy groups -OCH3 is 2. The summed E-state index contributed by atoms with van der Waals surface area (Å²) in [7, 11) is 3.20. The van der Waals surface area contributed by atoms with Gasteiger partial charge in [0.15, 0.2) is 0 Å². The van der Waals surface area contributed by atoms with Crippen molar-refractivity contribution in [3.05, 3.63) is 95.1 Å². The number of aromatic nitrogens is 1. The fraction of sp³-hybridized carbons (Fsp3) is 0.361. The van der Waals surface area contributed by atoms with Gasteiger partial charge >= 0.3 is 0 Å². The number of carbonyl (C=O) groups excluding carboxylic acids is 2. The maximum atomic E-state index is 14.4. The fourth-order valence-corrected chi connectivity index (χ4v) is 5.98. The first-order valence-electron chi connectivity index (χ1n) is 15.3. The molecule has 0 radical (unpaired) electrons. The van der Waals surface area contributed by atoms with Crippen LogP contribution < -0.4 is 14.4 Å². The number of ether oxygens (including phenoxy) is 2. The maximum Gasteiger partial charge on any atom is 0.255 e. The summed E-state index contributed by atoms with van der Waals surface area (Å²) < 4.78 is 10.8. The van der Waals surface area contributed by atoms with Gasteiger partial charge in [-0.05, 0) is 62.1 Å². The highest BCUT2D eigenvalue weighted by molar-refractivity contribution is 6.06. The molecule has 0 spiro atoms. The molecule has 44 heavy (non-hydrogen) atoms. The second kappa shape index (κ2) is 13.9. The lowest BCUT2D eigenvalue weighted by atomic mass is 10.0. The highest BCUT2D eigenvalue weighted by Gasteiger charge is 2.27. The molecule has 0 bridgehead atoms. The van der Waals surface area contributed by atoms with Crippen LogP contribution in [0.15, 0.2) is 72.8 Å². The molecule has 0 saturated heterocycles. The molecule has 0 N–H and O–H groups in total. The SMILES string of the molecule is COc1ccc(CC(=O)N2CCCN(C(C)C)CCN(C(=O)c3cc(OC)nc4ccccc34)Cc3cccc(C)c32)cc1. The van der Waals surface area contributed by atoms with Crippen LogP contribution in [0.25, 0.3) is 10.9 Å². The molecular formula is C36H42N4O4. The lowest BCUT2D eigenvalue weighted by Gasteiger charge is -2.30. The van der Waals surface area contributed by atoms with Crippen LogP contribution in [0.1, 0.15) is 47.3 Å². The molecule has 1 aliphatic rings. The molecule has 8 heteroatoms. The van der Waals surface area contributed by atoms with E-state index >= 15 is 0 Å². The van der Waals surface area contributed by atoms with Crippen molar-refractivity contribution in [3.8, 4) is 11.6 Å². The number of anilines is 1. The van der Waals surface area contributed by atoms with Crippen LogP contribution in [0.5, 0.6) is 11.6 Å². The van der Waals surface area contributed by atoms with Crippen molar-refractivity contribution in [1.82, 2.24) is 14.8 Å². The van der Waals surface area contributed by atoms with Gasteiger partial charge in [-0.15, -0.1) is 0 Å². The van der Waals surface area contributed by atoms with Crippen LogP contribution >= 0.6 is 0 Å². The van der Waals surface area contributed by atoms with E-state index in [-0.39, 0.29) is 18.2 Å². The van der Waals surface area contributed by atoms with E-state index in [1.165, 1.54) is 0 Å². The Bertz CT molecular complexity index is 1620. The number of benzene rings is 3. The molecule has 0 unspecified atom stereocenters. The molecule has 2 heterocycles. The Labute approximate surface area is 260 Å². The molecule has 1 aromatic heterocycles. The first kappa shape index (κ1) is 31.0. The molecule has 0 atom stereocenters.